The molecule has 0 fully saturated rings. The van der Waals surface area contributed by atoms with Gasteiger partial charge in [0.15, 0.2) is 0 Å². The van der Waals surface area contributed by atoms with Crippen LogP contribution < -0.4 is 0 Å². The molecule has 0 N–H and O–H groups in total. The van der Waals surface area contributed by atoms with Crippen LogP contribution in [0.15, 0.2) is 48.6 Å². The summed E-state index contributed by atoms with van der Waals surface area (Å²) in [5.41, 5.74) is 2.74. The van der Waals surface area contributed by atoms with Crippen molar-refractivity contribution in [2.24, 2.45) is 5.41 Å². The summed E-state index contributed by atoms with van der Waals surface area (Å²) in [5.74, 6) is 0. The van der Waals surface area contributed by atoms with Crippen molar-refractivity contribution < 1.29 is 0 Å². The van der Waals surface area contributed by atoms with Gasteiger partial charge in [0.2, 0.25) is 0 Å². The second-order valence-corrected chi connectivity index (χ2v) is 23.3. The van der Waals surface area contributed by atoms with Crippen LogP contribution >= 0.6 is 48.9 Å². The van der Waals surface area contributed by atoms with E-state index in [1.54, 1.807) is 0 Å². The molecule has 0 aliphatic carbocycles. The van der Waals surface area contributed by atoms with Gasteiger partial charge in [0.1, 0.15) is 5.41 Å². The van der Waals surface area contributed by atoms with Gasteiger partial charge < -0.3 is 0 Å². The van der Waals surface area contributed by atoms with E-state index in [-0.39, 0.29) is 0 Å². The van der Waals surface area contributed by atoms with Gasteiger partial charge in [0, 0.05) is 19.5 Å². The minimum absolute atomic E-state index is 0.717. The maximum Gasteiger partial charge on any atom is 0.111 e. The first kappa shape index (κ1) is 68.3. The van der Waals surface area contributed by atoms with Crippen molar-refractivity contribution in [3.8, 4) is 0 Å². The lowest BCUT2D eigenvalue weighted by atomic mass is 9.66. The molecule has 0 heterocycles. The minimum Gasteiger partial charge on any atom is -0.0947 e. The highest BCUT2D eigenvalue weighted by molar-refractivity contribution is 7.87. The molecular formula is C65H116S4. The van der Waals surface area contributed by atoms with E-state index in [0.717, 1.165) is 93.1 Å². The summed E-state index contributed by atoms with van der Waals surface area (Å²) in [6.45, 7) is 28.0. The van der Waals surface area contributed by atoms with Gasteiger partial charge in [-0.05, 0) is 73.7 Å². The summed E-state index contributed by atoms with van der Waals surface area (Å²) in [5, 5.41) is 0. The van der Waals surface area contributed by atoms with Crippen LogP contribution in [0.4, 0.5) is 0 Å². The van der Waals surface area contributed by atoms with Gasteiger partial charge in [0.25, 0.3) is 0 Å². The Kier molecular flexibility index (Phi) is 49.0. The lowest BCUT2D eigenvalue weighted by Crippen LogP contribution is -2.52. The monoisotopic (exact) mass is 1020 g/mol. The SMILES string of the molecule is C=C(CCCCCCCCCCCCC)C(=S)C(C(=S)C(=C)CCCCCCCCCCCCC)(C(=S)C(=C)CCCCCCCCCCCCC)C(=S)C(=C)CCCCCCCCCCCCC. The van der Waals surface area contributed by atoms with Crippen LogP contribution in [0, 0.1) is 5.41 Å². The molecule has 0 nitrogen and oxygen atoms in total. The highest BCUT2D eigenvalue weighted by Crippen LogP contribution is 2.41. The smallest absolute Gasteiger partial charge is 0.0947 e. The molecule has 0 aromatic heterocycles. The molecule has 0 aliphatic heterocycles. The summed E-state index contributed by atoms with van der Waals surface area (Å²) >= 11 is 26.7. The lowest BCUT2D eigenvalue weighted by molar-refractivity contribution is 0.549. The Hall–Kier alpha value is -0.680. The Morgan fingerprint density at radius 3 is 0.464 bits per heavy atom. The number of thiocarbonyl (C=S) groups is 4. The van der Waals surface area contributed by atoms with E-state index in [4.69, 9.17) is 75.2 Å². The molecule has 0 radical (unpaired) electrons. The molecule has 0 bridgehead atoms. The van der Waals surface area contributed by atoms with E-state index >= 15 is 0 Å². The third kappa shape index (κ3) is 34.4. The van der Waals surface area contributed by atoms with E-state index in [1.165, 1.54) is 257 Å². The van der Waals surface area contributed by atoms with Gasteiger partial charge in [-0.15, -0.1) is 0 Å². The fourth-order valence-corrected chi connectivity index (χ4v) is 12.2. The highest BCUT2D eigenvalue weighted by Gasteiger charge is 2.49. The van der Waals surface area contributed by atoms with Crippen LogP contribution in [0.5, 0.6) is 0 Å². The first-order valence-electron chi connectivity index (χ1n) is 30.5. The Labute approximate surface area is 455 Å². The fraction of sp³-hybridized carbons (Fsp3) is 0.815. The van der Waals surface area contributed by atoms with Gasteiger partial charge in [-0.3, -0.25) is 0 Å². The Bertz CT molecular complexity index is 1140. The molecule has 400 valence electrons. The molecule has 4 heteroatoms. The van der Waals surface area contributed by atoms with E-state index in [1.807, 2.05) is 0 Å². The minimum atomic E-state index is -1.09. The number of hydrogen-bond acceptors (Lipinski definition) is 4. The largest absolute Gasteiger partial charge is 0.111 e. The topological polar surface area (TPSA) is 0 Å². The van der Waals surface area contributed by atoms with E-state index in [0.29, 0.717) is 0 Å². The van der Waals surface area contributed by atoms with Crippen molar-refractivity contribution in [2.75, 3.05) is 0 Å². The van der Waals surface area contributed by atoms with Gasteiger partial charge >= 0.3 is 0 Å². The Balaban J connectivity index is 6.14. The summed E-state index contributed by atoms with van der Waals surface area (Å²) in [6, 6.07) is 0. The second-order valence-electron chi connectivity index (χ2n) is 21.6. The average Bonchev–Trinajstić information content (AvgIpc) is 3.35. The normalized spacial score (nSPS) is 11.5. The van der Waals surface area contributed by atoms with Crippen LogP contribution in [0.1, 0.15) is 336 Å². The van der Waals surface area contributed by atoms with Crippen molar-refractivity contribution in [2.45, 2.75) is 336 Å². The molecule has 0 saturated heterocycles. The van der Waals surface area contributed by atoms with Crippen molar-refractivity contribution in [3.63, 3.8) is 0 Å². The summed E-state index contributed by atoms with van der Waals surface area (Å²) < 4.78 is 0. The molecule has 69 heavy (non-hydrogen) atoms. The first-order chi connectivity index (χ1) is 33.6. The summed E-state index contributed by atoms with van der Waals surface area (Å²) in [4.78, 5) is 2.87. The first-order valence-corrected chi connectivity index (χ1v) is 32.1. The molecule has 0 atom stereocenters. The zero-order valence-electron chi connectivity index (χ0n) is 46.9. The van der Waals surface area contributed by atoms with Crippen LogP contribution in [0.25, 0.3) is 0 Å². The zero-order valence-corrected chi connectivity index (χ0v) is 50.2. The fourth-order valence-electron chi connectivity index (χ4n) is 10.1. The van der Waals surface area contributed by atoms with Crippen LogP contribution in [0.2, 0.25) is 0 Å². The Morgan fingerprint density at radius 1 is 0.217 bits per heavy atom. The van der Waals surface area contributed by atoms with E-state index < -0.39 is 5.41 Å². The van der Waals surface area contributed by atoms with Crippen molar-refractivity contribution in [1.29, 1.82) is 0 Å². The molecule has 0 aromatic carbocycles. The maximum atomic E-state index is 6.67. The second kappa shape index (κ2) is 49.5. The average molecular weight is 1030 g/mol. The maximum absolute atomic E-state index is 6.67. The predicted molar refractivity (Wildman–Crippen MR) is 334 cm³/mol. The van der Waals surface area contributed by atoms with Crippen LogP contribution in [-0.2, 0) is 0 Å². The van der Waals surface area contributed by atoms with Crippen LogP contribution in [-0.4, -0.2) is 19.5 Å². The molecule has 0 rings (SSSR count). The highest BCUT2D eigenvalue weighted by atomic mass is 32.1. The third-order valence-corrected chi connectivity index (χ3v) is 17.4. The zero-order chi connectivity index (χ0) is 51.1. The Morgan fingerprint density at radius 2 is 0.333 bits per heavy atom. The number of allylic oxidation sites excluding steroid dienone is 4. The van der Waals surface area contributed by atoms with Gasteiger partial charge in [-0.2, -0.15) is 0 Å². The predicted octanol–water partition coefficient (Wildman–Crippen LogP) is 24.5. The summed E-state index contributed by atoms with van der Waals surface area (Å²) in [6.07, 6.45) is 60.9. The summed E-state index contributed by atoms with van der Waals surface area (Å²) in [7, 11) is 0. The van der Waals surface area contributed by atoms with Crippen molar-refractivity contribution in [1.82, 2.24) is 0 Å². The van der Waals surface area contributed by atoms with Crippen molar-refractivity contribution in [3.05, 3.63) is 48.6 Å². The number of rotatable bonds is 56. The lowest BCUT2D eigenvalue weighted by Gasteiger charge is -2.40. The van der Waals surface area contributed by atoms with Crippen molar-refractivity contribution >= 4 is 68.3 Å². The molecule has 0 unspecified atom stereocenters. The van der Waals surface area contributed by atoms with Crippen LogP contribution in [0.3, 0.4) is 0 Å². The standard InChI is InChI=1S/C65H116S4/c1-9-13-17-21-25-29-33-37-41-45-49-53-57(5)61(66)65(62(67)58(6)54-50-46-42-38-34-30-26-22-18-14-10-2,63(68)59(7)55-51-47-43-39-35-31-27-23-19-15-11-3)64(69)60(8)56-52-48-44-40-36-32-28-24-20-16-12-4/h5-56H2,1-4H3. The van der Waals surface area contributed by atoms with E-state index in [9.17, 15) is 0 Å². The number of hydrogen-bond donors (Lipinski definition) is 0. The molecule has 0 saturated carbocycles. The molecule has 0 aliphatic rings. The molecular weight excluding hydrogens is 909 g/mol. The van der Waals surface area contributed by atoms with Gasteiger partial charge in [-0.25, -0.2) is 0 Å². The molecule has 0 spiro atoms. The van der Waals surface area contributed by atoms with Gasteiger partial charge in [0.05, 0.1) is 0 Å². The quantitative estimate of drug-likeness (QED) is 0.0338. The molecule has 0 aromatic rings. The third-order valence-electron chi connectivity index (χ3n) is 15.0. The van der Waals surface area contributed by atoms with E-state index in [2.05, 4.69) is 27.7 Å². The number of unbranched alkanes of at least 4 members (excludes halogenated alkanes) is 40. The van der Waals surface area contributed by atoms with Gasteiger partial charge in [-0.1, -0.05) is 360 Å². The molecule has 0 amide bonds.